The second-order valence-electron chi connectivity index (χ2n) is 7.79. The van der Waals surface area contributed by atoms with E-state index in [2.05, 4.69) is 4.72 Å². The molecule has 1 N–H and O–H groups in total. The minimum absolute atomic E-state index is 0.00817. The van der Waals surface area contributed by atoms with Gasteiger partial charge in [-0.15, -0.1) is 0 Å². The van der Waals surface area contributed by atoms with Gasteiger partial charge >= 0.3 is 0 Å². The van der Waals surface area contributed by atoms with Crippen molar-refractivity contribution in [2.45, 2.75) is 30.6 Å². The Morgan fingerprint density at radius 1 is 0.839 bits per heavy atom. The average Bonchev–Trinajstić information content (AvgIpc) is 3.47. The Morgan fingerprint density at radius 3 is 2.06 bits per heavy atom. The Bertz CT molecular complexity index is 1110. The average molecular weight is 462 g/mol. The lowest BCUT2D eigenvalue weighted by Gasteiger charge is -2.19. The summed E-state index contributed by atoms with van der Waals surface area (Å²) in [6, 6.07) is 10.8. The number of anilines is 1. The fourth-order valence-corrected chi connectivity index (χ4v) is 5.60. The molecule has 2 heterocycles. The van der Waals surface area contributed by atoms with Crippen LogP contribution in [0.3, 0.4) is 0 Å². The van der Waals surface area contributed by atoms with Crippen molar-refractivity contribution >= 4 is 39.1 Å². The standard InChI is InChI=1S/C22H24ClN3O4S/c23-18-10-9-16(21(27)25-11-3-4-12-25)15-20(18)31(29,30)24-19-8-2-1-7-17(19)22(28)26-13-5-6-14-26/h1-2,7-10,15,24H,3-6,11-14H2. The summed E-state index contributed by atoms with van der Waals surface area (Å²) in [6.07, 6.45) is 3.75. The lowest BCUT2D eigenvalue weighted by Crippen LogP contribution is -2.29. The maximum absolute atomic E-state index is 13.2. The minimum atomic E-state index is -4.13. The molecule has 7 nitrogen and oxygen atoms in total. The summed E-state index contributed by atoms with van der Waals surface area (Å²) in [6.45, 7) is 2.64. The number of hydrogen-bond acceptors (Lipinski definition) is 4. The van der Waals surface area contributed by atoms with Crippen LogP contribution in [0.15, 0.2) is 47.4 Å². The first-order chi connectivity index (χ1) is 14.9. The normalized spacial score (nSPS) is 16.5. The first-order valence-corrected chi connectivity index (χ1v) is 12.2. The molecule has 31 heavy (non-hydrogen) atoms. The predicted molar refractivity (Wildman–Crippen MR) is 119 cm³/mol. The Hall–Kier alpha value is -2.58. The molecule has 0 saturated carbocycles. The highest BCUT2D eigenvalue weighted by Crippen LogP contribution is 2.28. The van der Waals surface area contributed by atoms with Crippen LogP contribution in [-0.2, 0) is 10.0 Å². The summed E-state index contributed by atoms with van der Waals surface area (Å²) in [4.78, 5) is 28.8. The third-order valence-corrected chi connectivity index (χ3v) is 7.50. The molecule has 0 bridgehead atoms. The van der Waals surface area contributed by atoms with E-state index in [1.165, 1.54) is 18.2 Å². The van der Waals surface area contributed by atoms with Gasteiger partial charge in [-0.05, 0) is 56.0 Å². The number of hydrogen-bond donors (Lipinski definition) is 1. The van der Waals surface area contributed by atoms with Crippen molar-refractivity contribution in [3.63, 3.8) is 0 Å². The van der Waals surface area contributed by atoms with Crippen molar-refractivity contribution < 1.29 is 18.0 Å². The van der Waals surface area contributed by atoms with Crippen LogP contribution < -0.4 is 4.72 Å². The maximum Gasteiger partial charge on any atom is 0.263 e. The van der Waals surface area contributed by atoms with Gasteiger partial charge in [0, 0.05) is 31.7 Å². The number of nitrogens with one attached hydrogen (secondary N) is 1. The molecule has 2 aliphatic rings. The number of carbonyl (C=O) groups excluding carboxylic acids is 2. The number of para-hydroxylation sites is 1. The summed E-state index contributed by atoms with van der Waals surface area (Å²) >= 11 is 6.20. The minimum Gasteiger partial charge on any atom is -0.339 e. The molecule has 0 radical (unpaired) electrons. The first-order valence-electron chi connectivity index (χ1n) is 10.4. The number of halogens is 1. The molecule has 164 valence electrons. The molecule has 9 heteroatoms. The summed E-state index contributed by atoms with van der Waals surface area (Å²) in [7, 11) is -4.13. The SMILES string of the molecule is O=C(c1ccc(Cl)c(S(=O)(=O)Nc2ccccc2C(=O)N2CCCC2)c1)N1CCCC1. The second kappa shape index (κ2) is 8.88. The lowest BCUT2D eigenvalue weighted by molar-refractivity contribution is 0.0785. The zero-order valence-electron chi connectivity index (χ0n) is 17.0. The zero-order valence-corrected chi connectivity index (χ0v) is 18.6. The number of rotatable bonds is 5. The van der Waals surface area contributed by atoms with E-state index >= 15 is 0 Å². The number of likely N-dealkylation sites (tertiary alicyclic amines) is 2. The van der Waals surface area contributed by atoms with E-state index in [9.17, 15) is 18.0 Å². The number of amides is 2. The van der Waals surface area contributed by atoms with Crippen LogP contribution in [0, 0.1) is 0 Å². The zero-order chi connectivity index (χ0) is 22.0. The van der Waals surface area contributed by atoms with Crippen molar-refractivity contribution in [3.05, 3.63) is 58.6 Å². The van der Waals surface area contributed by atoms with Crippen LogP contribution >= 0.6 is 11.6 Å². The van der Waals surface area contributed by atoms with Crippen molar-refractivity contribution in [2.75, 3.05) is 30.9 Å². The summed E-state index contributed by atoms with van der Waals surface area (Å²) < 4.78 is 28.8. The van der Waals surface area contributed by atoms with E-state index in [0.29, 0.717) is 26.2 Å². The Kier molecular flexibility index (Phi) is 6.20. The molecule has 2 saturated heterocycles. The van der Waals surface area contributed by atoms with Crippen LogP contribution in [0.4, 0.5) is 5.69 Å². The van der Waals surface area contributed by atoms with Crippen LogP contribution in [0.25, 0.3) is 0 Å². The van der Waals surface area contributed by atoms with E-state index in [0.717, 1.165) is 25.7 Å². The maximum atomic E-state index is 13.2. The third kappa shape index (κ3) is 4.55. The van der Waals surface area contributed by atoms with Crippen LogP contribution in [0.1, 0.15) is 46.4 Å². The number of benzene rings is 2. The molecule has 0 atom stereocenters. The molecular weight excluding hydrogens is 438 g/mol. The monoisotopic (exact) mass is 461 g/mol. The van der Waals surface area contributed by atoms with E-state index in [1.807, 2.05) is 0 Å². The molecule has 2 fully saturated rings. The van der Waals surface area contributed by atoms with Gasteiger partial charge in [0.25, 0.3) is 21.8 Å². The van der Waals surface area contributed by atoms with Gasteiger partial charge in [0.1, 0.15) is 4.90 Å². The van der Waals surface area contributed by atoms with Gasteiger partial charge in [-0.1, -0.05) is 23.7 Å². The summed E-state index contributed by atoms with van der Waals surface area (Å²) in [5.74, 6) is -0.421. The molecule has 0 spiro atoms. The summed E-state index contributed by atoms with van der Waals surface area (Å²) in [5.41, 5.74) is 0.744. The molecule has 2 aromatic carbocycles. The van der Waals surface area contributed by atoms with E-state index < -0.39 is 10.0 Å². The molecule has 4 rings (SSSR count). The van der Waals surface area contributed by atoms with E-state index in [4.69, 9.17) is 11.6 Å². The highest BCUT2D eigenvalue weighted by molar-refractivity contribution is 7.92. The topological polar surface area (TPSA) is 86.8 Å². The molecule has 0 aliphatic carbocycles. The first kappa shape index (κ1) is 21.6. The van der Waals surface area contributed by atoms with Gasteiger partial charge in [-0.25, -0.2) is 8.42 Å². The van der Waals surface area contributed by atoms with Gasteiger partial charge in [0.15, 0.2) is 0 Å². The fraction of sp³-hybridized carbons (Fsp3) is 0.364. The quantitative estimate of drug-likeness (QED) is 0.736. The third-order valence-electron chi connectivity index (χ3n) is 5.66. The molecule has 2 aliphatic heterocycles. The van der Waals surface area contributed by atoms with Gasteiger partial charge in [-0.3, -0.25) is 14.3 Å². The highest BCUT2D eigenvalue weighted by Gasteiger charge is 2.27. The second-order valence-corrected chi connectivity index (χ2v) is 9.85. The summed E-state index contributed by atoms with van der Waals surface area (Å²) in [5, 5.41) is 0.00817. The van der Waals surface area contributed by atoms with Gasteiger partial charge in [-0.2, -0.15) is 0 Å². The van der Waals surface area contributed by atoms with Gasteiger partial charge < -0.3 is 9.80 Å². The Morgan fingerprint density at radius 2 is 1.42 bits per heavy atom. The van der Waals surface area contributed by atoms with Crippen molar-refractivity contribution in [3.8, 4) is 0 Å². The van der Waals surface area contributed by atoms with Crippen LogP contribution in [0.2, 0.25) is 5.02 Å². The van der Waals surface area contributed by atoms with Gasteiger partial charge in [0.2, 0.25) is 0 Å². The van der Waals surface area contributed by atoms with E-state index in [-0.39, 0.29) is 38.5 Å². The largest absolute Gasteiger partial charge is 0.339 e. The fourth-order valence-electron chi connectivity index (χ4n) is 3.99. The van der Waals surface area contributed by atoms with E-state index in [1.54, 1.807) is 34.1 Å². The Balaban J connectivity index is 1.63. The van der Waals surface area contributed by atoms with Crippen molar-refractivity contribution in [1.82, 2.24) is 9.80 Å². The smallest absolute Gasteiger partial charge is 0.263 e. The predicted octanol–water partition coefficient (Wildman–Crippen LogP) is 3.61. The molecule has 0 unspecified atom stereocenters. The molecular formula is C22H24ClN3O4S. The van der Waals surface area contributed by atoms with Crippen molar-refractivity contribution in [1.29, 1.82) is 0 Å². The number of sulfonamides is 1. The molecule has 2 amide bonds. The number of nitrogens with zero attached hydrogens (tertiary/aromatic N) is 2. The molecule has 2 aromatic rings. The lowest BCUT2D eigenvalue weighted by atomic mass is 10.1. The van der Waals surface area contributed by atoms with Crippen molar-refractivity contribution in [2.24, 2.45) is 0 Å². The Labute approximate surface area is 187 Å². The van der Waals surface area contributed by atoms with Crippen LogP contribution in [-0.4, -0.2) is 56.2 Å². The molecule has 0 aromatic heterocycles. The van der Waals surface area contributed by atoms with Crippen LogP contribution in [0.5, 0.6) is 0 Å². The van der Waals surface area contributed by atoms with Gasteiger partial charge in [0.05, 0.1) is 16.3 Å². The number of carbonyl (C=O) groups is 2. The highest BCUT2D eigenvalue weighted by atomic mass is 35.5.